The van der Waals surface area contributed by atoms with Crippen molar-refractivity contribution in [3.8, 4) is 34.3 Å². The summed E-state index contributed by atoms with van der Waals surface area (Å²) in [5, 5.41) is 38.6. The summed E-state index contributed by atoms with van der Waals surface area (Å²) < 4.78 is 6.05. The van der Waals surface area contributed by atoms with E-state index in [-0.39, 0.29) is 28.2 Å². The van der Waals surface area contributed by atoms with Gasteiger partial charge < -0.3 is 24.8 Å². The molecule has 0 saturated heterocycles. The maximum Gasteiger partial charge on any atom is 0.201 e. The molecule has 0 unspecified atom stereocenters. The van der Waals surface area contributed by atoms with Crippen molar-refractivity contribution in [1.82, 2.24) is 0 Å². The second kappa shape index (κ2) is 5.09. The summed E-state index contributed by atoms with van der Waals surface area (Å²) in [6.45, 7) is 0. The van der Waals surface area contributed by atoms with E-state index >= 15 is 0 Å². The normalized spacial score (nSPS) is 11.0. The van der Waals surface area contributed by atoms with Crippen LogP contribution < -0.4 is 5.43 Å². The Balaban J connectivity index is 2.36. The van der Waals surface area contributed by atoms with Gasteiger partial charge >= 0.3 is 0 Å². The van der Waals surface area contributed by atoms with Crippen LogP contribution in [0.3, 0.4) is 0 Å². The van der Waals surface area contributed by atoms with Gasteiger partial charge in [0.2, 0.25) is 5.75 Å². The fourth-order valence-electron chi connectivity index (χ4n) is 2.07. The van der Waals surface area contributed by atoms with Gasteiger partial charge in [-0.3, -0.25) is 4.79 Å². The first-order chi connectivity index (χ1) is 10.4. The smallest absolute Gasteiger partial charge is 0.201 e. The van der Waals surface area contributed by atoms with Crippen molar-refractivity contribution in [2.24, 2.45) is 0 Å². The molecule has 0 atom stereocenters. The zero-order chi connectivity index (χ0) is 16.0. The lowest BCUT2D eigenvalue weighted by molar-refractivity contribution is 0.399. The van der Waals surface area contributed by atoms with Crippen molar-refractivity contribution in [2.75, 3.05) is 0 Å². The number of benzene rings is 2. The third-order valence-electron chi connectivity index (χ3n) is 3.18. The van der Waals surface area contributed by atoms with Crippen LogP contribution in [-0.2, 0) is 0 Å². The number of aromatic hydroxyl groups is 4. The molecular weight excluding hydrogens is 403 g/mol. The minimum atomic E-state index is -0.533. The Morgan fingerprint density at radius 1 is 0.909 bits per heavy atom. The van der Waals surface area contributed by atoms with Gasteiger partial charge in [-0.25, -0.2) is 0 Å². The zero-order valence-corrected chi connectivity index (χ0v) is 13.0. The van der Waals surface area contributed by atoms with Crippen LogP contribution in [0.4, 0.5) is 0 Å². The molecule has 3 aromatic rings. The minimum absolute atomic E-state index is 0.0955. The van der Waals surface area contributed by atoms with Crippen molar-refractivity contribution in [3.63, 3.8) is 0 Å². The number of rotatable bonds is 1. The number of phenolic OH excluding ortho intramolecular Hbond substituents is 4. The predicted molar refractivity (Wildman–Crippen MR) is 87.3 cm³/mol. The number of halogens is 1. The maximum absolute atomic E-state index is 12.1. The number of fused-ring (bicyclic) bond motifs is 1. The van der Waals surface area contributed by atoms with E-state index in [0.29, 0.717) is 9.13 Å². The van der Waals surface area contributed by atoms with Crippen LogP contribution in [0.15, 0.2) is 39.5 Å². The largest absolute Gasteiger partial charge is 0.504 e. The lowest BCUT2D eigenvalue weighted by Gasteiger charge is -2.08. The number of hydrogen-bond acceptors (Lipinski definition) is 6. The van der Waals surface area contributed by atoms with Crippen LogP contribution >= 0.6 is 22.6 Å². The molecule has 2 aromatic carbocycles. The van der Waals surface area contributed by atoms with Gasteiger partial charge in [-0.2, -0.15) is 0 Å². The number of phenols is 4. The lowest BCUT2D eigenvalue weighted by atomic mass is 10.1. The highest BCUT2D eigenvalue weighted by Gasteiger charge is 2.16. The van der Waals surface area contributed by atoms with Crippen LogP contribution in [0.25, 0.3) is 22.3 Å². The molecule has 0 aliphatic rings. The zero-order valence-electron chi connectivity index (χ0n) is 10.9. The molecule has 0 bridgehead atoms. The molecule has 1 aromatic heterocycles. The molecule has 0 amide bonds. The average Bonchev–Trinajstić information content (AvgIpc) is 2.47. The Morgan fingerprint density at radius 3 is 2.32 bits per heavy atom. The van der Waals surface area contributed by atoms with Crippen molar-refractivity contribution in [3.05, 3.63) is 44.1 Å². The summed E-state index contributed by atoms with van der Waals surface area (Å²) >= 11 is 1.91. The molecule has 0 aliphatic carbocycles. The Hall–Kier alpha value is -2.42. The molecule has 6 nitrogen and oxygen atoms in total. The van der Waals surface area contributed by atoms with Crippen LogP contribution in [0.5, 0.6) is 23.0 Å². The first kappa shape index (κ1) is 14.5. The topological polar surface area (TPSA) is 111 Å². The monoisotopic (exact) mass is 412 g/mol. The highest BCUT2D eigenvalue weighted by atomic mass is 127. The highest BCUT2D eigenvalue weighted by molar-refractivity contribution is 14.1. The summed E-state index contributed by atoms with van der Waals surface area (Å²) in [6.07, 6.45) is 0. The minimum Gasteiger partial charge on any atom is -0.504 e. The summed E-state index contributed by atoms with van der Waals surface area (Å²) in [5.41, 5.74) is -0.182. The fourth-order valence-corrected chi connectivity index (χ4v) is 2.78. The van der Waals surface area contributed by atoms with Crippen molar-refractivity contribution in [2.45, 2.75) is 0 Å². The molecule has 4 N–H and O–H groups in total. The van der Waals surface area contributed by atoms with Crippen LogP contribution in [-0.4, -0.2) is 20.4 Å². The standard InChI is InChI=1S/C15H9IO6/c16-8-4-12(20)11(19)3-7(8)13-5-10(18)6-1-2-9(17)14(21)15(6)22-13/h1-5,17,19-21H. The van der Waals surface area contributed by atoms with Crippen LogP contribution in [0.1, 0.15) is 0 Å². The van der Waals surface area contributed by atoms with Gasteiger partial charge in [0.15, 0.2) is 28.3 Å². The van der Waals surface area contributed by atoms with E-state index in [1.165, 1.54) is 30.3 Å². The van der Waals surface area contributed by atoms with Crippen LogP contribution in [0, 0.1) is 3.57 Å². The lowest BCUT2D eigenvalue weighted by Crippen LogP contribution is -2.01. The first-order valence-corrected chi connectivity index (χ1v) is 7.17. The van der Waals surface area contributed by atoms with Gasteiger partial charge in [-0.1, -0.05) is 0 Å². The van der Waals surface area contributed by atoms with Gasteiger partial charge in [0.05, 0.1) is 5.39 Å². The van der Waals surface area contributed by atoms with E-state index < -0.39 is 16.9 Å². The van der Waals surface area contributed by atoms with Gasteiger partial charge in [0.25, 0.3) is 0 Å². The quantitative estimate of drug-likeness (QED) is 0.362. The van der Waals surface area contributed by atoms with E-state index in [2.05, 4.69) is 0 Å². The Bertz CT molecular complexity index is 960. The third kappa shape index (κ3) is 2.23. The molecule has 1 heterocycles. The molecule has 3 rings (SSSR count). The summed E-state index contributed by atoms with van der Waals surface area (Å²) in [7, 11) is 0. The van der Waals surface area contributed by atoms with Gasteiger partial charge in [0, 0.05) is 15.2 Å². The predicted octanol–water partition coefficient (Wildman–Crippen LogP) is 2.89. The van der Waals surface area contributed by atoms with Crippen molar-refractivity contribution >= 4 is 33.6 Å². The molecule has 7 heteroatoms. The number of hydrogen-bond donors (Lipinski definition) is 4. The fraction of sp³-hybridized carbons (Fsp3) is 0. The van der Waals surface area contributed by atoms with Crippen molar-refractivity contribution < 1.29 is 24.8 Å². The highest BCUT2D eigenvalue weighted by Crippen LogP contribution is 2.38. The van der Waals surface area contributed by atoms with E-state index in [4.69, 9.17) is 4.42 Å². The molecule has 112 valence electrons. The second-order valence-electron chi connectivity index (χ2n) is 4.61. The molecule has 22 heavy (non-hydrogen) atoms. The van der Waals surface area contributed by atoms with E-state index in [9.17, 15) is 25.2 Å². The Kier molecular flexibility index (Phi) is 3.36. The summed E-state index contributed by atoms with van der Waals surface area (Å²) in [5.74, 6) is -1.50. The van der Waals surface area contributed by atoms with E-state index in [1.54, 1.807) is 0 Å². The molecule has 0 saturated carbocycles. The van der Waals surface area contributed by atoms with E-state index in [1.807, 2.05) is 22.6 Å². The molecular formula is C15H9IO6. The Labute approximate surface area is 137 Å². The third-order valence-corrected chi connectivity index (χ3v) is 4.07. The van der Waals surface area contributed by atoms with Gasteiger partial charge in [-0.05, 0) is 46.9 Å². The second-order valence-corrected chi connectivity index (χ2v) is 5.77. The first-order valence-electron chi connectivity index (χ1n) is 6.09. The molecule has 0 aliphatic heterocycles. The van der Waals surface area contributed by atoms with Gasteiger partial charge in [-0.15, -0.1) is 0 Å². The van der Waals surface area contributed by atoms with E-state index in [0.717, 1.165) is 0 Å². The Morgan fingerprint density at radius 2 is 1.59 bits per heavy atom. The molecule has 0 fully saturated rings. The maximum atomic E-state index is 12.1. The molecule has 0 spiro atoms. The average molecular weight is 412 g/mol. The summed E-state index contributed by atoms with van der Waals surface area (Å²) in [4.78, 5) is 12.1. The van der Waals surface area contributed by atoms with Crippen LogP contribution in [0.2, 0.25) is 0 Å². The summed E-state index contributed by atoms with van der Waals surface area (Å²) in [6, 6.07) is 6.33. The SMILES string of the molecule is O=c1cc(-c2cc(O)c(O)cc2I)oc2c(O)c(O)ccc12. The van der Waals surface area contributed by atoms with Crippen molar-refractivity contribution in [1.29, 1.82) is 0 Å². The van der Waals surface area contributed by atoms with Gasteiger partial charge in [0.1, 0.15) is 5.76 Å². The molecule has 0 radical (unpaired) electrons.